The van der Waals surface area contributed by atoms with Gasteiger partial charge in [0.15, 0.2) is 0 Å². The Morgan fingerprint density at radius 2 is 1.62 bits per heavy atom. The molecule has 12 heteroatoms. The molecule has 0 saturated heterocycles. The smallest absolute Gasteiger partial charge is 0.369 e. The van der Waals surface area contributed by atoms with Gasteiger partial charge in [0.2, 0.25) is 0 Å². The van der Waals surface area contributed by atoms with Crippen LogP contribution < -0.4 is 0 Å². The van der Waals surface area contributed by atoms with Crippen LogP contribution in [0.15, 0.2) is 24.3 Å². The molecule has 0 heterocycles. The summed E-state index contributed by atoms with van der Waals surface area (Å²) in [7, 11) is -10.4. The van der Waals surface area contributed by atoms with Crippen molar-refractivity contribution < 1.29 is 48.5 Å². The minimum Gasteiger partial charge on any atom is -0.481 e. The van der Waals surface area contributed by atoms with E-state index in [1.807, 2.05) is 24.3 Å². The maximum Gasteiger partial charge on any atom is 0.369 e. The third-order valence-electron chi connectivity index (χ3n) is 4.87. The van der Waals surface area contributed by atoms with Crippen LogP contribution in [0.4, 0.5) is 0 Å². The fourth-order valence-corrected chi connectivity index (χ4v) is 4.00. The number of hydrogen-bond acceptors (Lipinski definition) is 5. The van der Waals surface area contributed by atoms with Crippen molar-refractivity contribution in [2.24, 2.45) is 5.92 Å². The third kappa shape index (κ3) is 6.83. The molecule has 1 aliphatic carbocycles. The number of carboxylic acids is 1. The van der Waals surface area contributed by atoms with Crippen molar-refractivity contribution in [3.63, 3.8) is 0 Å². The molecule has 0 aromatic heterocycles. The van der Waals surface area contributed by atoms with Gasteiger partial charge in [-0.1, -0.05) is 24.3 Å². The van der Waals surface area contributed by atoms with Crippen LogP contribution in [-0.2, 0) is 25.1 Å². The summed E-state index contributed by atoms with van der Waals surface area (Å²) in [5.74, 6) is -0.744. The van der Waals surface area contributed by atoms with Gasteiger partial charge in [-0.3, -0.25) is 18.7 Å². The van der Waals surface area contributed by atoms with Gasteiger partial charge >= 0.3 is 21.2 Å². The van der Waals surface area contributed by atoms with Gasteiger partial charge in [-0.2, -0.15) is 0 Å². The predicted octanol–water partition coefficient (Wildman–Crippen LogP) is 1.79. The van der Waals surface area contributed by atoms with E-state index >= 15 is 0 Å². The number of aliphatic carboxylic acids is 1. The number of rotatable bonds is 6. The van der Waals surface area contributed by atoms with Crippen molar-refractivity contribution >= 4 is 26.9 Å². The Morgan fingerprint density at radius 3 is 1.93 bits per heavy atom. The molecule has 1 saturated carbocycles. The number of ketones is 1. The minimum atomic E-state index is -5.20. The van der Waals surface area contributed by atoms with Gasteiger partial charge in [0, 0.05) is 12.3 Å². The highest BCUT2D eigenvalue weighted by molar-refractivity contribution is 7.71. The van der Waals surface area contributed by atoms with Crippen LogP contribution in [0.5, 0.6) is 0 Å². The van der Waals surface area contributed by atoms with Gasteiger partial charge in [0.1, 0.15) is 5.78 Å². The van der Waals surface area contributed by atoms with E-state index in [0.29, 0.717) is 12.7 Å². The molecule has 10 nitrogen and oxygen atoms in total. The lowest BCUT2D eigenvalue weighted by Crippen LogP contribution is -2.23. The first kappa shape index (κ1) is 25.7. The maximum absolute atomic E-state index is 11.6. The second kappa shape index (κ2) is 9.62. The zero-order chi connectivity index (χ0) is 22.6. The van der Waals surface area contributed by atoms with E-state index in [1.54, 1.807) is 6.92 Å². The van der Waals surface area contributed by atoms with Crippen LogP contribution in [0.3, 0.4) is 0 Å². The van der Waals surface area contributed by atoms with Gasteiger partial charge in [0.25, 0.3) is 5.08 Å². The van der Waals surface area contributed by atoms with Crippen molar-refractivity contribution in [1.82, 2.24) is 0 Å². The lowest BCUT2D eigenvalue weighted by atomic mass is 9.94. The molecule has 2 atom stereocenters. The fourth-order valence-electron chi connectivity index (χ4n) is 2.64. The Hall–Kier alpha value is -1.38. The second-order valence-electron chi connectivity index (χ2n) is 7.12. The zero-order valence-electron chi connectivity index (χ0n) is 16.0. The van der Waals surface area contributed by atoms with E-state index in [-0.39, 0.29) is 5.92 Å². The van der Waals surface area contributed by atoms with Gasteiger partial charge in [-0.15, -0.1) is 0 Å². The number of carboxylic acid groups (broad SMARTS) is 1. The summed E-state index contributed by atoms with van der Waals surface area (Å²) in [6, 6.07) is 7.60. The molecule has 2 rings (SSSR count). The summed E-state index contributed by atoms with van der Waals surface area (Å²) in [5.41, 5.74) is 1.93. The van der Waals surface area contributed by atoms with Crippen LogP contribution in [0, 0.1) is 5.92 Å². The molecule has 0 amide bonds. The van der Waals surface area contributed by atoms with Gasteiger partial charge in [-0.25, -0.2) is 0 Å². The molecule has 2 unspecified atom stereocenters. The summed E-state index contributed by atoms with van der Waals surface area (Å²) < 4.78 is 20.5. The molecule has 1 aliphatic rings. The summed E-state index contributed by atoms with van der Waals surface area (Å²) >= 11 is 0. The number of hydrogen-bond donors (Lipinski definition) is 6. The summed E-state index contributed by atoms with van der Waals surface area (Å²) in [4.78, 5) is 55.4. The van der Waals surface area contributed by atoms with Crippen molar-refractivity contribution in [1.29, 1.82) is 0 Å². The van der Waals surface area contributed by atoms with Gasteiger partial charge < -0.3 is 29.8 Å². The minimum absolute atomic E-state index is 0.174. The first-order valence-electron chi connectivity index (χ1n) is 8.76. The van der Waals surface area contributed by atoms with E-state index in [9.17, 15) is 18.7 Å². The highest BCUT2D eigenvalue weighted by Crippen LogP contribution is 2.66. The Labute approximate surface area is 167 Å². The Bertz CT molecular complexity index is 797. The van der Waals surface area contributed by atoms with E-state index < -0.39 is 32.2 Å². The lowest BCUT2D eigenvalue weighted by Gasteiger charge is -2.24. The fraction of sp³-hybridized carbons (Fsp3) is 0.529. The van der Waals surface area contributed by atoms with E-state index in [1.165, 1.54) is 0 Å². The number of benzene rings is 1. The Balaban J connectivity index is 0.000000331. The summed E-state index contributed by atoms with van der Waals surface area (Å²) in [5, 5.41) is 14.3. The Morgan fingerprint density at radius 1 is 1.14 bits per heavy atom. The SMILES string of the molecule is CC(C(=O)O)c1ccc(CC2CCCC2=O)cc1.CC(O)(P(=O)(O)O)P(=O)(O)O. The van der Waals surface area contributed by atoms with Crippen LogP contribution in [0.25, 0.3) is 0 Å². The summed E-state index contributed by atoms with van der Waals surface area (Å²) in [6.07, 6.45) is 3.52. The summed E-state index contributed by atoms with van der Waals surface area (Å²) in [6.45, 7) is 2.06. The Kier molecular flexibility index (Phi) is 8.51. The number of carbonyl (C=O) groups is 2. The van der Waals surface area contributed by atoms with Crippen LogP contribution >= 0.6 is 15.2 Å². The first-order chi connectivity index (χ1) is 13.1. The van der Waals surface area contributed by atoms with E-state index in [2.05, 4.69) is 0 Å². The van der Waals surface area contributed by atoms with Gasteiger partial charge in [-0.05, 0) is 44.2 Å². The molecule has 0 bridgehead atoms. The van der Waals surface area contributed by atoms with Crippen LogP contribution in [-0.4, -0.2) is 46.6 Å². The average Bonchev–Trinajstić information content (AvgIpc) is 2.98. The third-order valence-corrected chi connectivity index (χ3v) is 8.64. The monoisotopic (exact) mass is 452 g/mol. The molecule has 1 fully saturated rings. The van der Waals surface area contributed by atoms with E-state index in [0.717, 1.165) is 36.8 Å². The molecule has 29 heavy (non-hydrogen) atoms. The number of Topliss-reactive ketones (excluding diaryl/α,β-unsaturated/α-hetero) is 1. The van der Waals surface area contributed by atoms with Crippen molar-refractivity contribution in [2.75, 3.05) is 0 Å². The standard InChI is InChI=1S/C15H18O3.C2H8O7P2/c1-10(15(17)18)12-7-5-11(6-8-12)9-13-3-2-4-14(13)16;1-2(3,10(4,5)6)11(7,8)9/h5-8,10,13H,2-4,9H2,1H3,(H,17,18);3H,1H3,(H2,4,5,6)(H2,7,8,9). The molecule has 1 aromatic rings. The largest absolute Gasteiger partial charge is 0.481 e. The maximum atomic E-state index is 11.6. The molecule has 164 valence electrons. The van der Waals surface area contributed by atoms with Crippen LogP contribution in [0.1, 0.15) is 50.2 Å². The molecule has 6 N–H and O–H groups in total. The zero-order valence-corrected chi connectivity index (χ0v) is 17.8. The quantitative estimate of drug-likeness (QED) is 0.347. The number of carbonyl (C=O) groups excluding carboxylic acids is 1. The average molecular weight is 452 g/mol. The molecule has 0 radical (unpaired) electrons. The lowest BCUT2D eigenvalue weighted by molar-refractivity contribution is -0.138. The molecule has 0 spiro atoms. The predicted molar refractivity (Wildman–Crippen MR) is 103 cm³/mol. The van der Waals surface area contributed by atoms with Crippen molar-refractivity contribution in [3.8, 4) is 0 Å². The highest BCUT2D eigenvalue weighted by atomic mass is 31.2. The second-order valence-corrected chi connectivity index (χ2v) is 11.4. The van der Waals surface area contributed by atoms with Crippen LogP contribution in [0.2, 0.25) is 0 Å². The molecular formula is C17H26O10P2. The molecular weight excluding hydrogens is 426 g/mol. The molecule has 1 aromatic carbocycles. The molecule has 0 aliphatic heterocycles. The first-order valence-corrected chi connectivity index (χ1v) is 12.0. The topological polar surface area (TPSA) is 190 Å². The van der Waals surface area contributed by atoms with Gasteiger partial charge in [0.05, 0.1) is 5.92 Å². The van der Waals surface area contributed by atoms with Crippen molar-refractivity contribution in [2.45, 2.75) is 50.5 Å². The van der Waals surface area contributed by atoms with Crippen molar-refractivity contribution in [3.05, 3.63) is 35.4 Å². The normalized spacial score (nSPS) is 18.7. The van der Waals surface area contributed by atoms with E-state index in [4.69, 9.17) is 29.8 Å². The highest BCUT2D eigenvalue weighted by Gasteiger charge is 2.55. The number of aliphatic hydroxyl groups is 1.